The fourth-order valence-corrected chi connectivity index (χ4v) is 2.97. The van der Waals surface area contributed by atoms with Gasteiger partial charge >= 0.3 is 5.97 Å². The second-order valence-corrected chi connectivity index (χ2v) is 6.05. The number of nitrogens with one attached hydrogen (secondary N) is 1. The molecule has 18 heavy (non-hydrogen) atoms. The largest absolute Gasteiger partial charge is 0.461 e. The van der Waals surface area contributed by atoms with Crippen LogP contribution in [0.4, 0.5) is 0 Å². The van der Waals surface area contributed by atoms with Gasteiger partial charge in [-0.25, -0.2) is 0 Å². The van der Waals surface area contributed by atoms with Crippen LogP contribution in [0.1, 0.15) is 53.4 Å². The van der Waals surface area contributed by atoms with E-state index in [2.05, 4.69) is 26.1 Å². The Morgan fingerprint density at radius 1 is 1.39 bits per heavy atom. The molecule has 0 aromatic rings. The van der Waals surface area contributed by atoms with E-state index in [1.165, 1.54) is 12.8 Å². The monoisotopic (exact) mass is 255 g/mol. The molecule has 0 aromatic carbocycles. The minimum atomic E-state index is -0.157. The Morgan fingerprint density at radius 3 is 2.56 bits per heavy atom. The van der Waals surface area contributed by atoms with Gasteiger partial charge in [-0.3, -0.25) is 4.79 Å². The first kappa shape index (κ1) is 15.5. The zero-order chi connectivity index (χ0) is 13.7. The third kappa shape index (κ3) is 3.98. The molecule has 106 valence electrons. The summed E-state index contributed by atoms with van der Waals surface area (Å²) < 4.78 is 5.78. The third-order valence-electron chi connectivity index (χ3n) is 4.27. The van der Waals surface area contributed by atoms with Gasteiger partial charge in [0.1, 0.15) is 12.1 Å². The lowest BCUT2D eigenvalue weighted by Gasteiger charge is -2.37. The van der Waals surface area contributed by atoms with E-state index in [-0.39, 0.29) is 18.1 Å². The van der Waals surface area contributed by atoms with Gasteiger partial charge in [-0.2, -0.15) is 0 Å². The molecule has 0 amide bonds. The number of rotatable bonds is 5. The highest BCUT2D eigenvalue weighted by Crippen LogP contribution is 2.35. The topological polar surface area (TPSA) is 38.3 Å². The first-order chi connectivity index (χ1) is 8.49. The number of ether oxygens (including phenoxy) is 1. The van der Waals surface area contributed by atoms with Crippen molar-refractivity contribution in [2.75, 3.05) is 7.05 Å². The first-order valence-corrected chi connectivity index (χ1v) is 7.37. The standard InChI is InChI=1S/C15H29NO2/c1-6-13(16-5)15(17)18-14-9-11(4)7-8-12(14)10(2)3/h10-14,16H,6-9H2,1-5H3. The van der Waals surface area contributed by atoms with Crippen LogP contribution >= 0.6 is 0 Å². The lowest BCUT2D eigenvalue weighted by molar-refractivity contribution is -0.158. The van der Waals surface area contributed by atoms with E-state index in [1.807, 2.05) is 14.0 Å². The molecule has 1 N–H and O–H groups in total. The third-order valence-corrected chi connectivity index (χ3v) is 4.27. The van der Waals surface area contributed by atoms with E-state index < -0.39 is 0 Å². The molecule has 0 aromatic heterocycles. The maximum Gasteiger partial charge on any atom is 0.323 e. The summed E-state index contributed by atoms with van der Waals surface area (Å²) >= 11 is 0. The molecular formula is C15H29NO2. The van der Waals surface area contributed by atoms with E-state index in [9.17, 15) is 4.79 Å². The number of hydrogen-bond donors (Lipinski definition) is 1. The summed E-state index contributed by atoms with van der Waals surface area (Å²) in [6, 6.07) is -0.157. The molecule has 3 nitrogen and oxygen atoms in total. The maximum atomic E-state index is 12.1. The zero-order valence-corrected chi connectivity index (χ0v) is 12.5. The molecule has 0 bridgehead atoms. The predicted molar refractivity (Wildman–Crippen MR) is 74.4 cm³/mol. The summed E-state index contributed by atoms with van der Waals surface area (Å²) in [6.07, 6.45) is 4.37. The van der Waals surface area contributed by atoms with Gasteiger partial charge in [0, 0.05) is 0 Å². The Morgan fingerprint density at radius 2 is 2.06 bits per heavy atom. The van der Waals surface area contributed by atoms with E-state index in [0.29, 0.717) is 17.8 Å². The number of carbonyl (C=O) groups excluding carboxylic acids is 1. The molecule has 0 spiro atoms. The van der Waals surface area contributed by atoms with Gasteiger partial charge in [0.25, 0.3) is 0 Å². The highest BCUT2D eigenvalue weighted by Gasteiger charge is 2.34. The summed E-state index contributed by atoms with van der Waals surface area (Å²) in [5, 5.41) is 3.02. The molecule has 0 heterocycles. The summed E-state index contributed by atoms with van der Waals surface area (Å²) in [5.74, 6) is 1.71. The van der Waals surface area contributed by atoms with E-state index in [0.717, 1.165) is 12.8 Å². The van der Waals surface area contributed by atoms with Crippen molar-refractivity contribution < 1.29 is 9.53 Å². The van der Waals surface area contributed by atoms with Gasteiger partial charge < -0.3 is 10.1 Å². The lowest BCUT2D eigenvalue weighted by Crippen LogP contribution is -2.41. The summed E-state index contributed by atoms with van der Waals surface area (Å²) in [5.41, 5.74) is 0. The molecule has 4 unspecified atom stereocenters. The van der Waals surface area contributed by atoms with Gasteiger partial charge in [0.2, 0.25) is 0 Å². The van der Waals surface area contributed by atoms with Crippen LogP contribution < -0.4 is 5.32 Å². The SMILES string of the molecule is CCC(NC)C(=O)OC1CC(C)CCC1C(C)C. The van der Waals surface area contributed by atoms with Crippen LogP contribution in [0.15, 0.2) is 0 Å². The molecular weight excluding hydrogens is 226 g/mol. The van der Waals surface area contributed by atoms with Gasteiger partial charge in [-0.15, -0.1) is 0 Å². The molecule has 1 rings (SSSR count). The summed E-state index contributed by atoms with van der Waals surface area (Å²) in [7, 11) is 1.82. The van der Waals surface area contributed by atoms with Gasteiger partial charge in [-0.1, -0.05) is 34.1 Å². The average molecular weight is 255 g/mol. The molecule has 1 fully saturated rings. The number of likely N-dealkylation sites (N-methyl/N-ethyl adjacent to an activating group) is 1. The Labute approximate surface area is 112 Å². The lowest BCUT2D eigenvalue weighted by atomic mass is 9.75. The molecule has 4 atom stereocenters. The van der Waals surface area contributed by atoms with E-state index in [1.54, 1.807) is 0 Å². The first-order valence-electron chi connectivity index (χ1n) is 7.37. The van der Waals surface area contributed by atoms with Crippen LogP contribution in [-0.4, -0.2) is 25.2 Å². The molecule has 3 heteroatoms. The number of esters is 1. The van der Waals surface area contributed by atoms with Crippen molar-refractivity contribution in [2.45, 2.75) is 65.5 Å². The number of carbonyl (C=O) groups is 1. The molecule has 0 radical (unpaired) electrons. The highest BCUT2D eigenvalue weighted by molar-refractivity contribution is 5.75. The second-order valence-electron chi connectivity index (χ2n) is 6.05. The van der Waals surface area contributed by atoms with Crippen LogP contribution in [-0.2, 0) is 9.53 Å². The highest BCUT2D eigenvalue weighted by atomic mass is 16.5. The van der Waals surface area contributed by atoms with Gasteiger partial charge in [-0.05, 0) is 44.1 Å². The van der Waals surface area contributed by atoms with Crippen LogP contribution in [0, 0.1) is 17.8 Å². The van der Waals surface area contributed by atoms with Gasteiger partial charge in [0.15, 0.2) is 0 Å². The van der Waals surface area contributed by atoms with Crippen molar-refractivity contribution in [3.8, 4) is 0 Å². The number of hydrogen-bond acceptors (Lipinski definition) is 3. The van der Waals surface area contributed by atoms with E-state index >= 15 is 0 Å². The van der Waals surface area contributed by atoms with E-state index in [4.69, 9.17) is 4.74 Å². The molecule has 1 aliphatic carbocycles. The molecule has 0 aliphatic heterocycles. The van der Waals surface area contributed by atoms with Crippen molar-refractivity contribution in [1.29, 1.82) is 0 Å². The quantitative estimate of drug-likeness (QED) is 0.768. The van der Waals surface area contributed by atoms with Crippen molar-refractivity contribution >= 4 is 5.97 Å². The molecule has 0 saturated heterocycles. The fraction of sp³-hybridized carbons (Fsp3) is 0.933. The fourth-order valence-electron chi connectivity index (χ4n) is 2.97. The Bertz CT molecular complexity index is 261. The van der Waals surface area contributed by atoms with Crippen molar-refractivity contribution in [3.05, 3.63) is 0 Å². The van der Waals surface area contributed by atoms with Crippen molar-refractivity contribution in [3.63, 3.8) is 0 Å². The minimum Gasteiger partial charge on any atom is -0.461 e. The Kier molecular flexibility index (Phi) is 6.13. The van der Waals surface area contributed by atoms with Crippen LogP contribution in [0.2, 0.25) is 0 Å². The molecule has 1 saturated carbocycles. The zero-order valence-electron chi connectivity index (χ0n) is 12.5. The second kappa shape index (κ2) is 7.13. The molecule has 1 aliphatic rings. The van der Waals surface area contributed by atoms with Crippen LogP contribution in [0.5, 0.6) is 0 Å². The van der Waals surface area contributed by atoms with Crippen LogP contribution in [0.25, 0.3) is 0 Å². The van der Waals surface area contributed by atoms with Gasteiger partial charge in [0.05, 0.1) is 0 Å². The Hall–Kier alpha value is -0.570. The minimum absolute atomic E-state index is 0.0789. The van der Waals surface area contributed by atoms with Crippen LogP contribution in [0.3, 0.4) is 0 Å². The maximum absolute atomic E-state index is 12.1. The predicted octanol–water partition coefficient (Wildman–Crippen LogP) is 2.99. The van der Waals surface area contributed by atoms with Crippen molar-refractivity contribution in [2.24, 2.45) is 17.8 Å². The Balaban J connectivity index is 2.63. The smallest absolute Gasteiger partial charge is 0.323 e. The average Bonchev–Trinajstić information content (AvgIpc) is 2.30. The van der Waals surface area contributed by atoms with Crippen molar-refractivity contribution in [1.82, 2.24) is 5.32 Å². The summed E-state index contributed by atoms with van der Waals surface area (Å²) in [4.78, 5) is 12.1. The normalized spacial score (nSPS) is 30.2. The summed E-state index contributed by atoms with van der Waals surface area (Å²) in [6.45, 7) is 8.73.